The number of benzene rings is 1. The minimum atomic E-state index is -0.769. The summed E-state index contributed by atoms with van der Waals surface area (Å²) in [5.74, 6) is -0.381. The van der Waals surface area contributed by atoms with Gasteiger partial charge in [-0.15, -0.1) is 0 Å². The molecule has 0 unspecified atom stereocenters. The Morgan fingerprint density at radius 3 is 2.74 bits per heavy atom. The quantitative estimate of drug-likeness (QED) is 0.665. The lowest BCUT2D eigenvalue weighted by Gasteiger charge is -2.47. The minimum Gasteiger partial charge on any atom is -0.387 e. The van der Waals surface area contributed by atoms with Crippen LogP contribution in [0.4, 0.5) is 10.1 Å². The first-order valence-electron chi connectivity index (χ1n) is 6.36. The van der Waals surface area contributed by atoms with E-state index in [1.54, 1.807) is 6.07 Å². The number of nitrogens with zero attached hydrogens (tertiary/aromatic N) is 2. The van der Waals surface area contributed by atoms with E-state index in [1.807, 2.05) is 4.90 Å². The molecule has 1 aromatic carbocycles. The van der Waals surface area contributed by atoms with Crippen LogP contribution in [0, 0.1) is 21.8 Å². The molecule has 2 fully saturated rings. The molecule has 2 aliphatic rings. The summed E-state index contributed by atoms with van der Waals surface area (Å²) in [4.78, 5) is 11.9. The SMILES string of the molecule is O=[N+]([O-])c1cccc(CN2CC(O)(C3CC3)C2)c1F. The van der Waals surface area contributed by atoms with Crippen LogP contribution in [0.2, 0.25) is 0 Å². The Kier molecular flexibility index (Phi) is 2.79. The maximum absolute atomic E-state index is 13.9. The van der Waals surface area contributed by atoms with Gasteiger partial charge in [-0.25, -0.2) is 0 Å². The van der Waals surface area contributed by atoms with E-state index < -0.39 is 22.0 Å². The summed E-state index contributed by atoms with van der Waals surface area (Å²) in [5, 5.41) is 20.8. The molecule has 1 saturated carbocycles. The van der Waals surface area contributed by atoms with Gasteiger partial charge in [0.2, 0.25) is 5.82 Å². The number of β-amino-alcohol motifs (C(OH)–C–C–N with tert-alkyl or cyclic N) is 1. The van der Waals surface area contributed by atoms with E-state index in [0.717, 1.165) is 18.9 Å². The van der Waals surface area contributed by atoms with Gasteiger partial charge in [0.1, 0.15) is 0 Å². The molecular formula is C13H15FN2O3. The fraction of sp³-hybridized carbons (Fsp3) is 0.538. The molecule has 6 heteroatoms. The molecule has 3 rings (SSSR count). The highest BCUT2D eigenvalue weighted by Gasteiger charge is 2.51. The number of nitro groups is 1. The maximum Gasteiger partial charge on any atom is 0.305 e. The molecule has 0 spiro atoms. The number of nitro benzene ring substituents is 1. The molecule has 1 heterocycles. The number of likely N-dealkylation sites (tertiary alicyclic amines) is 1. The number of rotatable bonds is 4. The Morgan fingerprint density at radius 2 is 2.16 bits per heavy atom. The molecule has 0 radical (unpaired) electrons. The Bertz CT molecular complexity index is 525. The predicted molar refractivity (Wildman–Crippen MR) is 66.0 cm³/mol. The molecular weight excluding hydrogens is 251 g/mol. The highest BCUT2D eigenvalue weighted by molar-refractivity contribution is 5.36. The molecule has 5 nitrogen and oxygen atoms in total. The first-order chi connectivity index (χ1) is 8.99. The van der Waals surface area contributed by atoms with Gasteiger partial charge in [0.25, 0.3) is 0 Å². The van der Waals surface area contributed by atoms with Gasteiger partial charge in [-0.1, -0.05) is 12.1 Å². The molecule has 0 amide bonds. The van der Waals surface area contributed by atoms with E-state index in [9.17, 15) is 19.6 Å². The second-order valence-corrected chi connectivity index (χ2v) is 5.53. The van der Waals surface area contributed by atoms with Crippen molar-refractivity contribution in [3.05, 3.63) is 39.7 Å². The fourth-order valence-corrected chi connectivity index (χ4v) is 2.79. The molecule has 102 valence electrons. The zero-order chi connectivity index (χ0) is 13.6. The van der Waals surface area contributed by atoms with Crippen molar-refractivity contribution < 1.29 is 14.4 Å². The van der Waals surface area contributed by atoms with E-state index in [4.69, 9.17) is 0 Å². The summed E-state index contributed by atoms with van der Waals surface area (Å²) >= 11 is 0. The van der Waals surface area contributed by atoms with E-state index in [0.29, 0.717) is 31.1 Å². The van der Waals surface area contributed by atoms with Gasteiger partial charge in [-0.05, 0) is 18.8 Å². The third kappa shape index (κ3) is 2.21. The molecule has 19 heavy (non-hydrogen) atoms. The Labute approximate surface area is 109 Å². The van der Waals surface area contributed by atoms with Gasteiger partial charge in [0.05, 0.1) is 10.5 Å². The smallest absolute Gasteiger partial charge is 0.305 e. The normalized spacial score (nSPS) is 22.0. The molecule has 1 N–H and O–H groups in total. The van der Waals surface area contributed by atoms with Crippen LogP contribution in [-0.2, 0) is 6.54 Å². The highest BCUT2D eigenvalue weighted by atomic mass is 19.1. The van der Waals surface area contributed by atoms with Crippen LogP contribution in [-0.4, -0.2) is 33.6 Å². The van der Waals surface area contributed by atoms with Crippen molar-refractivity contribution in [1.82, 2.24) is 4.90 Å². The standard InChI is InChI=1S/C13H15FN2O3/c14-12-9(2-1-3-11(12)16(18)19)6-15-7-13(17,8-15)10-4-5-10/h1-3,10,17H,4-8H2. The van der Waals surface area contributed by atoms with Gasteiger partial charge in [0, 0.05) is 31.3 Å². The summed E-state index contributed by atoms with van der Waals surface area (Å²) < 4.78 is 13.9. The van der Waals surface area contributed by atoms with Crippen LogP contribution in [0.5, 0.6) is 0 Å². The summed E-state index contributed by atoms with van der Waals surface area (Å²) in [7, 11) is 0. The maximum atomic E-state index is 13.9. The number of halogens is 1. The Morgan fingerprint density at radius 1 is 1.47 bits per heavy atom. The number of hydrogen-bond acceptors (Lipinski definition) is 4. The van der Waals surface area contributed by atoms with Crippen molar-refractivity contribution in [2.45, 2.75) is 25.0 Å². The second kappa shape index (κ2) is 4.25. The van der Waals surface area contributed by atoms with Crippen molar-refractivity contribution in [2.75, 3.05) is 13.1 Å². The molecule has 1 saturated heterocycles. The molecule has 1 aliphatic heterocycles. The van der Waals surface area contributed by atoms with Crippen LogP contribution < -0.4 is 0 Å². The summed E-state index contributed by atoms with van der Waals surface area (Å²) in [6.07, 6.45) is 2.13. The lowest BCUT2D eigenvalue weighted by molar-refractivity contribution is -0.387. The van der Waals surface area contributed by atoms with Crippen LogP contribution in [0.15, 0.2) is 18.2 Å². The second-order valence-electron chi connectivity index (χ2n) is 5.53. The van der Waals surface area contributed by atoms with Crippen molar-refractivity contribution in [3.63, 3.8) is 0 Å². The first-order valence-corrected chi connectivity index (χ1v) is 6.36. The van der Waals surface area contributed by atoms with Crippen molar-refractivity contribution in [2.24, 2.45) is 5.92 Å². The van der Waals surface area contributed by atoms with Gasteiger partial charge in [-0.3, -0.25) is 15.0 Å². The lowest BCUT2D eigenvalue weighted by atomic mass is 9.88. The van der Waals surface area contributed by atoms with Crippen LogP contribution in [0.25, 0.3) is 0 Å². The van der Waals surface area contributed by atoms with Crippen LogP contribution in [0.3, 0.4) is 0 Å². The van der Waals surface area contributed by atoms with Gasteiger partial charge in [0.15, 0.2) is 0 Å². The summed E-state index contributed by atoms with van der Waals surface area (Å²) in [5.41, 5.74) is -0.792. The number of aliphatic hydroxyl groups is 1. The van der Waals surface area contributed by atoms with Crippen LogP contribution >= 0.6 is 0 Å². The summed E-state index contributed by atoms with van der Waals surface area (Å²) in [6, 6.07) is 4.20. The van der Waals surface area contributed by atoms with Gasteiger partial charge in [-0.2, -0.15) is 4.39 Å². The van der Waals surface area contributed by atoms with E-state index in [1.165, 1.54) is 6.07 Å². The average Bonchev–Trinajstić information content (AvgIpc) is 3.13. The van der Waals surface area contributed by atoms with Gasteiger partial charge < -0.3 is 5.11 Å². The van der Waals surface area contributed by atoms with Crippen molar-refractivity contribution in [3.8, 4) is 0 Å². The third-order valence-electron chi connectivity index (χ3n) is 3.98. The zero-order valence-corrected chi connectivity index (χ0v) is 10.4. The third-order valence-corrected chi connectivity index (χ3v) is 3.98. The number of hydrogen-bond donors (Lipinski definition) is 1. The fourth-order valence-electron chi connectivity index (χ4n) is 2.79. The molecule has 0 aromatic heterocycles. The molecule has 0 atom stereocenters. The first kappa shape index (κ1) is 12.5. The largest absolute Gasteiger partial charge is 0.387 e. The van der Waals surface area contributed by atoms with E-state index in [2.05, 4.69) is 0 Å². The van der Waals surface area contributed by atoms with E-state index >= 15 is 0 Å². The topological polar surface area (TPSA) is 66.6 Å². The Hall–Kier alpha value is -1.53. The zero-order valence-electron chi connectivity index (χ0n) is 10.4. The predicted octanol–water partition coefficient (Wildman–Crippen LogP) is 1.69. The average molecular weight is 266 g/mol. The lowest BCUT2D eigenvalue weighted by Crippen LogP contribution is -2.62. The van der Waals surface area contributed by atoms with Crippen molar-refractivity contribution in [1.29, 1.82) is 0 Å². The Balaban J connectivity index is 1.68. The molecule has 1 aliphatic carbocycles. The molecule has 1 aromatic rings. The van der Waals surface area contributed by atoms with Crippen LogP contribution in [0.1, 0.15) is 18.4 Å². The minimum absolute atomic E-state index is 0.308. The monoisotopic (exact) mass is 266 g/mol. The van der Waals surface area contributed by atoms with Gasteiger partial charge >= 0.3 is 5.69 Å². The molecule has 0 bridgehead atoms. The summed E-state index contributed by atoms with van der Waals surface area (Å²) in [6.45, 7) is 1.36. The van der Waals surface area contributed by atoms with Crippen molar-refractivity contribution >= 4 is 5.69 Å². The van der Waals surface area contributed by atoms with E-state index in [-0.39, 0.29) is 0 Å². The highest BCUT2D eigenvalue weighted by Crippen LogP contribution is 2.44.